The van der Waals surface area contributed by atoms with Gasteiger partial charge in [-0.2, -0.15) is 35.1 Å². The molecule has 2 aliphatic heterocycles. The minimum Gasteiger partial charge on any atom is -0.450 e. The van der Waals surface area contributed by atoms with Gasteiger partial charge in [0.1, 0.15) is 11.5 Å². The molecule has 4 aromatic rings. The first kappa shape index (κ1) is 42.0. The van der Waals surface area contributed by atoms with E-state index in [1.165, 1.54) is 0 Å². The molecule has 0 fully saturated rings. The molecule has 2 aliphatic rings. The number of hydrogen-bond acceptors (Lipinski definition) is 6. The van der Waals surface area contributed by atoms with Crippen LogP contribution in [0, 0.1) is 48.8 Å². The van der Waals surface area contributed by atoms with Crippen LogP contribution in [0.25, 0.3) is 0 Å². The van der Waals surface area contributed by atoms with Crippen LogP contribution in [-0.4, -0.2) is 23.6 Å². The zero-order valence-corrected chi connectivity index (χ0v) is 30.2. The van der Waals surface area contributed by atoms with Gasteiger partial charge in [-0.15, -0.1) is 0 Å². The normalized spacial score (nSPS) is 14.7. The van der Waals surface area contributed by atoms with Gasteiger partial charge in [-0.25, -0.2) is 27.4 Å². The Labute approximate surface area is 323 Å². The fourth-order valence-electron chi connectivity index (χ4n) is 6.28. The third kappa shape index (κ3) is 7.05. The van der Waals surface area contributed by atoms with Crippen molar-refractivity contribution in [2.75, 3.05) is 9.80 Å². The number of nitrogens with zero attached hydrogens (tertiary/aromatic N) is 2. The Hall–Kier alpha value is -6.60. The van der Waals surface area contributed by atoms with Gasteiger partial charge in [0.05, 0.1) is 22.5 Å². The summed E-state index contributed by atoms with van der Waals surface area (Å²) in [5, 5.41) is 0. The Kier molecular flexibility index (Phi) is 10.2. The van der Waals surface area contributed by atoms with Crippen molar-refractivity contribution in [3.05, 3.63) is 129 Å². The fraction of sp³-hybridized carbons (Fsp3) is 0.179. The molecule has 0 saturated heterocycles. The number of halogens is 12. The lowest BCUT2D eigenvalue weighted by Gasteiger charge is -2.29. The van der Waals surface area contributed by atoms with Gasteiger partial charge in [0, 0.05) is 40.8 Å². The standard InChI is InChI=1S/C39H22F12N2O6/c1-15-27(40)35(31(44)29(42)33(15)52-23(54)9-10-24(52)55)58-21-7-5-17(13-19(21)38(46,47)48)37(3,4)18-6-8-22(20(14-18)39(49,50)51)59-36-28(41)16(2)34(30(43)32(36)45)53-25(56)11-12-26(53)57/h5-14H,1-4H3. The number of hydrogen-bond donors (Lipinski definition) is 0. The molecule has 0 saturated carbocycles. The van der Waals surface area contributed by atoms with Gasteiger partial charge in [0.25, 0.3) is 23.6 Å². The van der Waals surface area contributed by atoms with Crippen LogP contribution in [0.5, 0.6) is 23.0 Å². The van der Waals surface area contributed by atoms with Gasteiger partial charge in [0.2, 0.25) is 23.1 Å². The van der Waals surface area contributed by atoms with Crippen molar-refractivity contribution in [3.8, 4) is 23.0 Å². The monoisotopic (exact) mass is 842 g/mol. The van der Waals surface area contributed by atoms with Crippen molar-refractivity contribution in [2.45, 2.75) is 45.5 Å². The maximum absolute atomic E-state index is 15.4. The molecule has 2 heterocycles. The Balaban J connectivity index is 1.38. The number of alkyl halides is 6. The third-order valence-corrected chi connectivity index (χ3v) is 9.47. The zero-order valence-electron chi connectivity index (χ0n) is 30.2. The number of benzene rings is 4. The largest absolute Gasteiger partial charge is 0.450 e. The first-order valence-corrected chi connectivity index (χ1v) is 16.5. The number of carbonyl (C=O) groups is 4. The van der Waals surface area contributed by atoms with Crippen molar-refractivity contribution >= 4 is 35.0 Å². The maximum Gasteiger partial charge on any atom is 0.419 e. The molecule has 0 atom stereocenters. The van der Waals surface area contributed by atoms with E-state index in [9.17, 15) is 45.5 Å². The van der Waals surface area contributed by atoms with Gasteiger partial charge in [0.15, 0.2) is 23.3 Å². The van der Waals surface area contributed by atoms with E-state index in [0.29, 0.717) is 48.6 Å². The third-order valence-electron chi connectivity index (χ3n) is 9.47. The molecule has 6 rings (SSSR count). The lowest BCUT2D eigenvalue weighted by molar-refractivity contribution is -0.139. The molecule has 0 aromatic heterocycles. The summed E-state index contributed by atoms with van der Waals surface area (Å²) in [6.07, 6.45) is -8.05. The quantitative estimate of drug-likeness (QED) is 0.0997. The van der Waals surface area contributed by atoms with Crippen LogP contribution in [0.3, 0.4) is 0 Å². The maximum atomic E-state index is 15.4. The second-order valence-electron chi connectivity index (χ2n) is 13.4. The van der Waals surface area contributed by atoms with Gasteiger partial charge in [-0.1, -0.05) is 26.0 Å². The lowest BCUT2D eigenvalue weighted by Crippen LogP contribution is -2.32. The Bertz CT molecular complexity index is 2330. The van der Waals surface area contributed by atoms with E-state index in [4.69, 9.17) is 9.47 Å². The Morgan fingerprint density at radius 1 is 0.475 bits per heavy atom. The first-order chi connectivity index (χ1) is 27.3. The average Bonchev–Trinajstić information content (AvgIpc) is 3.67. The highest BCUT2D eigenvalue weighted by Crippen LogP contribution is 2.48. The second kappa shape index (κ2) is 14.3. The summed E-state index contributed by atoms with van der Waals surface area (Å²) >= 11 is 0. The molecule has 59 heavy (non-hydrogen) atoms. The van der Waals surface area contributed by atoms with Crippen molar-refractivity contribution in [3.63, 3.8) is 0 Å². The molecule has 0 N–H and O–H groups in total. The summed E-state index contributed by atoms with van der Waals surface area (Å²) < 4.78 is 188. The molecule has 308 valence electrons. The van der Waals surface area contributed by atoms with Crippen molar-refractivity contribution < 1.29 is 81.3 Å². The highest BCUT2D eigenvalue weighted by Gasteiger charge is 2.42. The molecule has 0 spiro atoms. The molecule has 4 amide bonds. The van der Waals surface area contributed by atoms with E-state index in [-0.39, 0.29) is 20.9 Å². The number of rotatable bonds is 8. The Morgan fingerprint density at radius 3 is 1.07 bits per heavy atom. The van der Waals surface area contributed by atoms with E-state index in [1.807, 2.05) is 0 Å². The molecule has 0 radical (unpaired) electrons. The molecule has 0 unspecified atom stereocenters. The molecule has 0 bridgehead atoms. The van der Waals surface area contributed by atoms with Crippen LogP contribution in [0.1, 0.15) is 47.2 Å². The molecular weight excluding hydrogens is 820 g/mol. The van der Waals surface area contributed by atoms with Crippen LogP contribution in [0.2, 0.25) is 0 Å². The zero-order chi connectivity index (χ0) is 43.8. The van der Waals surface area contributed by atoms with Gasteiger partial charge in [-0.05, 0) is 49.2 Å². The van der Waals surface area contributed by atoms with Crippen LogP contribution >= 0.6 is 0 Å². The van der Waals surface area contributed by atoms with Gasteiger partial charge >= 0.3 is 12.4 Å². The van der Waals surface area contributed by atoms with Gasteiger partial charge in [-0.3, -0.25) is 19.2 Å². The van der Waals surface area contributed by atoms with Crippen molar-refractivity contribution in [2.24, 2.45) is 0 Å². The van der Waals surface area contributed by atoms with Crippen LogP contribution in [0.15, 0.2) is 60.7 Å². The van der Waals surface area contributed by atoms with Crippen molar-refractivity contribution in [1.82, 2.24) is 0 Å². The molecule has 4 aromatic carbocycles. The molecular formula is C39H22F12N2O6. The smallest absolute Gasteiger partial charge is 0.419 e. The summed E-state index contributed by atoms with van der Waals surface area (Å²) in [5.41, 5.74) is -10.2. The van der Waals surface area contributed by atoms with E-state index in [1.54, 1.807) is 0 Å². The van der Waals surface area contributed by atoms with E-state index < -0.39 is 133 Å². The predicted molar refractivity (Wildman–Crippen MR) is 181 cm³/mol. The van der Waals surface area contributed by atoms with Crippen LogP contribution < -0.4 is 19.3 Å². The summed E-state index contributed by atoms with van der Waals surface area (Å²) in [7, 11) is 0. The van der Waals surface area contributed by atoms with E-state index in [0.717, 1.165) is 39.8 Å². The highest BCUT2D eigenvalue weighted by atomic mass is 19.4. The summed E-state index contributed by atoms with van der Waals surface area (Å²) in [5.74, 6) is -22.7. The number of amides is 4. The predicted octanol–water partition coefficient (Wildman–Crippen LogP) is 9.94. The summed E-state index contributed by atoms with van der Waals surface area (Å²) in [6.45, 7) is 3.92. The first-order valence-electron chi connectivity index (χ1n) is 16.5. The number of carbonyl (C=O) groups excluding carboxylic acids is 4. The number of anilines is 2. The molecule has 0 aliphatic carbocycles. The minimum absolute atomic E-state index is 0.0949. The van der Waals surface area contributed by atoms with E-state index >= 15 is 26.3 Å². The SMILES string of the molecule is Cc1c(F)c(Oc2ccc(C(C)(C)c3ccc(Oc4c(F)c(C)c(N5C(=O)C=CC5=O)c(F)c4F)c(C(F)(F)F)c3)cc2C(F)(F)F)c(F)c(F)c1N1C(=O)C=CC1=O. The Morgan fingerprint density at radius 2 is 0.780 bits per heavy atom. The van der Waals surface area contributed by atoms with Crippen molar-refractivity contribution in [1.29, 1.82) is 0 Å². The van der Waals surface area contributed by atoms with Crippen LogP contribution in [-0.2, 0) is 36.9 Å². The topological polar surface area (TPSA) is 93.2 Å². The summed E-state index contributed by atoms with van der Waals surface area (Å²) in [4.78, 5) is 48.4. The minimum atomic E-state index is -5.39. The lowest BCUT2D eigenvalue weighted by atomic mass is 9.77. The molecule has 20 heteroatoms. The molecule has 8 nitrogen and oxygen atoms in total. The summed E-state index contributed by atoms with van der Waals surface area (Å²) in [6, 6.07) is 3.60. The second-order valence-corrected chi connectivity index (χ2v) is 13.4. The number of imide groups is 2. The fourth-order valence-corrected chi connectivity index (χ4v) is 6.28. The average molecular weight is 843 g/mol. The number of ether oxygens (including phenoxy) is 2. The van der Waals surface area contributed by atoms with Gasteiger partial charge < -0.3 is 9.47 Å². The highest BCUT2D eigenvalue weighted by molar-refractivity contribution is 6.29. The van der Waals surface area contributed by atoms with E-state index in [2.05, 4.69) is 0 Å². The van der Waals surface area contributed by atoms with Crippen LogP contribution in [0.4, 0.5) is 64.1 Å².